The van der Waals surface area contributed by atoms with E-state index in [1.807, 2.05) is 6.07 Å². The number of alkyl halides is 1. The Morgan fingerprint density at radius 1 is 1.10 bits per heavy atom. The molecule has 110 valence electrons. The van der Waals surface area contributed by atoms with E-state index in [0.717, 1.165) is 25.3 Å². The Morgan fingerprint density at radius 2 is 1.76 bits per heavy atom. The predicted octanol–water partition coefficient (Wildman–Crippen LogP) is 5.86. The van der Waals surface area contributed by atoms with Gasteiger partial charge in [-0.15, -0.1) is 0 Å². The molecule has 0 nitrogen and oxygen atoms in total. The first-order valence-corrected chi connectivity index (χ1v) is 8.21. The minimum atomic E-state index is -0.905. The van der Waals surface area contributed by atoms with Gasteiger partial charge in [0.15, 0.2) is 11.6 Å². The highest BCUT2D eigenvalue weighted by atomic mass is 79.9. The van der Waals surface area contributed by atoms with E-state index in [2.05, 4.69) is 34.1 Å². The van der Waals surface area contributed by atoms with Gasteiger partial charge in [0.25, 0.3) is 0 Å². The average molecular weight is 372 g/mol. The van der Waals surface area contributed by atoms with Crippen molar-refractivity contribution in [1.82, 2.24) is 0 Å². The van der Waals surface area contributed by atoms with Gasteiger partial charge in [0.1, 0.15) is 0 Å². The van der Waals surface area contributed by atoms with Gasteiger partial charge in [-0.2, -0.15) is 0 Å². The molecule has 2 aromatic carbocycles. The van der Waals surface area contributed by atoms with Crippen molar-refractivity contribution >= 4 is 27.5 Å². The lowest BCUT2D eigenvalue weighted by Crippen LogP contribution is -2.18. The zero-order valence-electron chi connectivity index (χ0n) is 11.3. The Bertz CT molecular complexity index is 672. The van der Waals surface area contributed by atoms with Gasteiger partial charge in [0.05, 0.1) is 0 Å². The molecule has 0 amide bonds. The maximum absolute atomic E-state index is 13.5. The highest BCUT2D eigenvalue weighted by Crippen LogP contribution is 2.42. The molecule has 0 radical (unpaired) electrons. The van der Waals surface area contributed by atoms with E-state index in [-0.39, 0.29) is 9.85 Å². The number of halogens is 4. The molecule has 1 aliphatic carbocycles. The van der Waals surface area contributed by atoms with Crippen LogP contribution in [0, 0.1) is 17.6 Å². The van der Waals surface area contributed by atoms with Crippen molar-refractivity contribution in [2.24, 2.45) is 5.92 Å². The summed E-state index contributed by atoms with van der Waals surface area (Å²) in [4.78, 5) is -0.0755. The summed E-state index contributed by atoms with van der Waals surface area (Å²) in [6.45, 7) is 0. The van der Waals surface area contributed by atoms with E-state index < -0.39 is 11.6 Å². The monoisotopic (exact) mass is 370 g/mol. The molecule has 0 N–H and O–H groups in total. The van der Waals surface area contributed by atoms with Crippen LogP contribution in [-0.2, 0) is 12.8 Å². The van der Waals surface area contributed by atoms with Crippen LogP contribution in [0.15, 0.2) is 36.4 Å². The number of rotatable bonds is 2. The first kappa shape index (κ1) is 15.0. The second-order valence-corrected chi connectivity index (χ2v) is 6.85. The summed E-state index contributed by atoms with van der Waals surface area (Å²) in [5.74, 6) is -1.44. The second kappa shape index (κ2) is 6.05. The smallest absolute Gasteiger partial charge is 0.160 e. The molecule has 2 aromatic rings. The number of hydrogen-bond acceptors (Lipinski definition) is 0. The minimum absolute atomic E-state index is 0.0755. The summed E-state index contributed by atoms with van der Waals surface area (Å²) in [5, 5.41) is 0.273. The Morgan fingerprint density at radius 3 is 2.52 bits per heavy atom. The second-order valence-electron chi connectivity index (χ2n) is 5.46. The molecule has 0 saturated carbocycles. The summed E-state index contributed by atoms with van der Waals surface area (Å²) in [6.07, 6.45) is 2.92. The van der Waals surface area contributed by atoms with Gasteiger partial charge in [0.2, 0.25) is 0 Å². The minimum Gasteiger partial charge on any atom is -0.204 e. The van der Waals surface area contributed by atoms with Gasteiger partial charge in [-0.05, 0) is 54.0 Å². The van der Waals surface area contributed by atoms with Crippen molar-refractivity contribution in [2.45, 2.75) is 24.1 Å². The number of aryl methyl sites for hydroxylation is 1. The lowest BCUT2D eigenvalue weighted by molar-refractivity contribution is 0.449. The maximum Gasteiger partial charge on any atom is 0.160 e. The van der Waals surface area contributed by atoms with Crippen LogP contribution < -0.4 is 0 Å². The van der Waals surface area contributed by atoms with Crippen molar-refractivity contribution < 1.29 is 8.78 Å². The highest BCUT2D eigenvalue weighted by Gasteiger charge is 2.27. The van der Waals surface area contributed by atoms with Gasteiger partial charge in [-0.3, -0.25) is 0 Å². The van der Waals surface area contributed by atoms with Crippen molar-refractivity contribution in [3.05, 3.63) is 69.7 Å². The summed E-state index contributed by atoms with van der Waals surface area (Å²) < 4.78 is 26.7. The molecule has 4 heteroatoms. The van der Waals surface area contributed by atoms with Crippen LogP contribution in [0.4, 0.5) is 8.78 Å². The van der Waals surface area contributed by atoms with Gasteiger partial charge in [-0.25, -0.2) is 8.78 Å². The van der Waals surface area contributed by atoms with Gasteiger partial charge < -0.3 is 0 Å². The van der Waals surface area contributed by atoms with Gasteiger partial charge >= 0.3 is 0 Å². The van der Waals surface area contributed by atoms with E-state index >= 15 is 0 Å². The molecule has 0 saturated heterocycles. The Hall–Kier alpha value is -0.930. The zero-order chi connectivity index (χ0) is 15.0. The molecule has 0 aliphatic heterocycles. The van der Waals surface area contributed by atoms with Crippen molar-refractivity contribution in [3.63, 3.8) is 0 Å². The molecule has 1 aliphatic rings. The van der Waals surface area contributed by atoms with Crippen LogP contribution in [0.2, 0.25) is 5.02 Å². The third kappa shape index (κ3) is 3.00. The van der Waals surface area contributed by atoms with E-state index in [1.165, 1.54) is 17.2 Å². The number of benzene rings is 2. The first-order chi connectivity index (χ1) is 10.1. The van der Waals surface area contributed by atoms with Gasteiger partial charge in [-0.1, -0.05) is 51.8 Å². The van der Waals surface area contributed by atoms with Crippen molar-refractivity contribution in [2.75, 3.05) is 0 Å². The SMILES string of the molecule is Fc1cc(Cl)c(C(Br)C2CCc3ccccc3C2)cc1F. The summed E-state index contributed by atoms with van der Waals surface area (Å²) in [7, 11) is 0. The molecule has 0 aromatic heterocycles. The van der Waals surface area contributed by atoms with E-state index in [0.29, 0.717) is 11.5 Å². The van der Waals surface area contributed by atoms with Crippen LogP contribution in [0.3, 0.4) is 0 Å². The fraction of sp³-hybridized carbons (Fsp3) is 0.294. The zero-order valence-corrected chi connectivity index (χ0v) is 13.6. The fourth-order valence-corrected chi connectivity index (χ4v) is 4.21. The fourth-order valence-electron chi connectivity index (χ4n) is 2.98. The maximum atomic E-state index is 13.5. The van der Waals surface area contributed by atoms with Crippen LogP contribution in [-0.4, -0.2) is 0 Å². The third-order valence-corrected chi connectivity index (χ3v) is 5.70. The lowest BCUT2D eigenvalue weighted by atomic mass is 9.81. The molecule has 0 bridgehead atoms. The standard InChI is InChI=1S/C17H14BrClF2/c18-17(13-8-15(20)16(21)9-14(13)19)12-6-5-10-3-1-2-4-11(10)7-12/h1-4,8-9,12,17H,5-7H2. The molecule has 21 heavy (non-hydrogen) atoms. The summed E-state index contributed by atoms with van der Waals surface area (Å²) in [5.41, 5.74) is 3.33. The summed E-state index contributed by atoms with van der Waals surface area (Å²) in [6, 6.07) is 10.6. The lowest BCUT2D eigenvalue weighted by Gasteiger charge is -2.29. The predicted molar refractivity (Wildman–Crippen MR) is 85.0 cm³/mol. The van der Waals surface area contributed by atoms with E-state index in [1.54, 1.807) is 0 Å². The molecule has 0 heterocycles. The van der Waals surface area contributed by atoms with E-state index in [9.17, 15) is 8.78 Å². The summed E-state index contributed by atoms with van der Waals surface area (Å²) >= 11 is 9.71. The first-order valence-electron chi connectivity index (χ1n) is 6.91. The van der Waals surface area contributed by atoms with Crippen LogP contribution in [0.1, 0.15) is 27.9 Å². The van der Waals surface area contributed by atoms with Crippen LogP contribution in [0.5, 0.6) is 0 Å². The van der Waals surface area contributed by atoms with Crippen molar-refractivity contribution in [3.8, 4) is 0 Å². The van der Waals surface area contributed by atoms with Gasteiger partial charge in [0, 0.05) is 9.85 Å². The van der Waals surface area contributed by atoms with Crippen molar-refractivity contribution in [1.29, 1.82) is 0 Å². The normalized spacial score (nSPS) is 19.1. The molecule has 0 spiro atoms. The Labute approximate surface area is 136 Å². The third-order valence-electron chi connectivity index (χ3n) is 4.14. The largest absolute Gasteiger partial charge is 0.204 e. The van der Waals surface area contributed by atoms with Crippen LogP contribution >= 0.6 is 27.5 Å². The number of fused-ring (bicyclic) bond motifs is 1. The average Bonchev–Trinajstić information content (AvgIpc) is 2.50. The molecule has 2 atom stereocenters. The topological polar surface area (TPSA) is 0 Å². The Kier molecular flexibility index (Phi) is 4.32. The molecular weight excluding hydrogens is 358 g/mol. The molecular formula is C17H14BrClF2. The molecule has 0 fully saturated rings. The van der Waals surface area contributed by atoms with Crippen LogP contribution in [0.25, 0.3) is 0 Å². The highest BCUT2D eigenvalue weighted by molar-refractivity contribution is 9.09. The number of hydrogen-bond donors (Lipinski definition) is 0. The van der Waals surface area contributed by atoms with E-state index in [4.69, 9.17) is 11.6 Å². The Balaban J connectivity index is 1.87. The molecule has 3 rings (SSSR count). The quantitative estimate of drug-likeness (QED) is 0.458. The molecule has 2 unspecified atom stereocenters.